The van der Waals surface area contributed by atoms with Crippen molar-refractivity contribution in [1.82, 2.24) is 10.2 Å². The number of carbonyl (C=O) groups excluding carboxylic acids is 1. The van der Waals surface area contributed by atoms with Gasteiger partial charge in [0.05, 0.1) is 0 Å². The van der Waals surface area contributed by atoms with Gasteiger partial charge in [-0.25, -0.2) is 0 Å². The van der Waals surface area contributed by atoms with Gasteiger partial charge in [-0.1, -0.05) is 12.8 Å². The Morgan fingerprint density at radius 2 is 2.16 bits per heavy atom. The van der Waals surface area contributed by atoms with Gasteiger partial charge in [0, 0.05) is 31.6 Å². The number of carbonyl (C=O) groups is 1. The summed E-state index contributed by atoms with van der Waals surface area (Å²) in [4.78, 5) is 14.0. The Kier molecular flexibility index (Phi) is 7.39. The van der Waals surface area contributed by atoms with E-state index in [2.05, 4.69) is 31.1 Å². The lowest BCUT2D eigenvalue weighted by atomic mass is 9.83. The lowest BCUT2D eigenvalue weighted by Crippen LogP contribution is -2.36. The summed E-state index contributed by atoms with van der Waals surface area (Å²) < 4.78 is 0. The molecule has 0 aromatic heterocycles. The average Bonchev–Trinajstić information content (AvgIpc) is 2.36. The Bertz CT molecular complexity index is 268. The van der Waals surface area contributed by atoms with Crippen molar-refractivity contribution in [3.8, 4) is 0 Å². The number of amides is 1. The molecule has 0 aromatic rings. The molecule has 4 nitrogen and oxygen atoms in total. The van der Waals surface area contributed by atoms with E-state index in [0.717, 1.165) is 32.4 Å². The molecule has 19 heavy (non-hydrogen) atoms. The molecule has 1 saturated carbocycles. The van der Waals surface area contributed by atoms with E-state index in [9.17, 15) is 4.79 Å². The van der Waals surface area contributed by atoms with Crippen molar-refractivity contribution in [3.05, 3.63) is 0 Å². The van der Waals surface area contributed by atoms with Gasteiger partial charge in [0.1, 0.15) is 0 Å². The smallest absolute Gasteiger partial charge is 0.220 e. The van der Waals surface area contributed by atoms with Crippen LogP contribution in [0.3, 0.4) is 0 Å². The first-order valence-electron chi connectivity index (χ1n) is 7.71. The molecule has 0 aromatic carbocycles. The van der Waals surface area contributed by atoms with Gasteiger partial charge in [-0.2, -0.15) is 0 Å². The van der Waals surface area contributed by atoms with Gasteiger partial charge in [-0.3, -0.25) is 4.79 Å². The van der Waals surface area contributed by atoms with Gasteiger partial charge in [-0.05, 0) is 46.1 Å². The van der Waals surface area contributed by atoms with Crippen molar-refractivity contribution in [2.45, 2.75) is 64.5 Å². The van der Waals surface area contributed by atoms with Crippen LogP contribution in [0.2, 0.25) is 0 Å². The molecule has 1 aliphatic carbocycles. The van der Waals surface area contributed by atoms with E-state index < -0.39 is 0 Å². The molecule has 0 bridgehead atoms. The van der Waals surface area contributed by atoms with Gasteiger partial charge in [0.25, 0.3) is 0 Å². The first-order chi connectivity index (χ1) is 8.99. The number of nitrogens with zero attached hydrogens (tertiary/aromatic N) is 1. The molecule has 2 unspecified atom stereocenters. The third kappa shape index (κ3) is 6.92. The highest BCUT2D eigenvalue weighted by atomic mass is 16.1. The predicted molar refractivity (Wildman–Crippen MR) is 79.9 cm³/mol. The summed E-state index contributed by atoms with van der Waals surface area (Å²) >= 11 is 0. The summed E-state index contributed by atoms with van der Waals surface area (Å²) in [5, 5.41) is 3.01. The van der Waals surface area contributed by atoms with E-state index in [1.54, 1.807) is 0 Å². The monoisotopic (exact) mass is 269 g/mol. The Labute approximate surface area is 118 Å². The van der Waals surface area contributed by atoms with Crippen LogP contribution in [0.25, 0.3) is 0 Å². The van der Waals surface area contributed by atoms with Crippen molar-refractivity contribution in [2.75, 3.05) is 20.1 Å². The van der Waals surface area contributed by atoms with E-state index in [-0.39, 0.29) is 5.91 Å². The zero-order valence-electron chi connectivity index (χ0n) is 12.8. The highest BCUT2D eigenvalue weighted by Crippen LogP contribution is 2.26. The lowest BCUT2D eigenvalue weighted by molar-refractivity contribution is -0.121. The molecule has 3 N–H and O–H groups in total. The van der Waals surface area contributed by atoms with E-state index >= 15 is 0 Å². The zero-order chi connectivity index (χ0) is 14.3. The second-order valence-corrected chi connectivity index (χ2v) is 6.26. The minimum absolute atomic E-state index is 0.191. The molecule has 0 saturated heterocycles. The van der Waals surface area contributed by atoms with Gasteiger partial charge in [-0.15, -0.1) is 0 Å². The van der Waals surface area contributed by atoms with Crippen LogP contribution in [0.4, 0.5) is 0 Å². The van der Waals surface area contributed by atoms with Crippen molar-refractivity contribution in [2.24, 2.45) is 11.7 Å². The molecule has 0 radical (unpaired) electrons. The highest BCUT2D eigenvalue weighted by Gasteiger charge is 2.19. The Morgan fingerprint density at radius 3 is 2.79 bits per heavy atom. The summed E-state index contributed by atoms with van der Waals surface area (Å²) in [7, 11) is 2.08. The minimum atomic E-state index is 0.191. The molecule has 1 fully saturated rings. The van der Waals surface area contributed by atoms with Crippen LogP contribution in [0, 0.1) is 5.92 Å². The zero-order valence-corrected chi connectivity index (χ0v) is 12.8. The number of hydrogen-bond acceptors (Lipinski definition) is 3. The molecule has 0 heterocycles. The van der Waals surface area contributed by atoms with Gasteiger partial charge in [0.2, 0.25) is 5.91 Å². The second-order valence-electron chi connectivity index (χ2n) is 6.26. The fraction of sp³-hybridized carbons (Fsp3) is 0.933. The quantitative estimate of drug-likeness (QED) is 0.740. The van der Waals surface area contributed by atoms with Crippen LogP contribution >= 0.6 is 0 Å². The van der Waals surface area contributed by atoms with Crippen molar-refractivity contribution in [1.29, 1.82) is 0 Å². The number of nitrogens with two attached hydrogens (primary N) is 1. The maximum Gasteiger partial charge on any atom is 0.220 e. The van der Waals surface area contributed by atoms with Gasteiger partial charge >= 0.3 is 0 Å². The van der Waals surface area contributed by atoms with Crippen LogP contribution in [0.1, 0.15) is 52.4 Å². The Balaban J connectivity index is 2.07. The maximum atomic E-state index is 11.8. The first kappa shape index (κ1) is 16.4. The van der Waals surface area contributed by atoms with Gasteiger partial charge in [0.15, 0.2) is 0 Å². The summed E-state index contributed by atoms with van der Waals surface area (Å²) in [5.41, 5.74) is 5.97. The summed E-state index contributed by atoms with van der Waals surface area (Å²) in [6, 6.07) is 0.891. The molecule has 1 rings (SSSR count). The third-order valence-corrected chi connectivity index (χ3v) is 4.27. The van der Waals surface area contributed by atoms with Crippen molar-refractivity contribution in [3.63, 3.8) is 0 Å². The topological polar surface area (TPSA) is 58.4 Å². The van der Waals surface area contributed by atoms with Crippen LogP contribution in [0.15, 0.2) is 0 Å². The number of hydrogen-bond donors (Lipinski definition) is 2. The standard InChI is InChI=1S/C15H31N3O/c1-12(2)18(3)10-9-17-15(19)8-7-13-5-4-6-14(16)11-13/h12-14H,4-11,16H2,1-3H3,(H,17,19). The minimum Gasteiger partial charge on any atom is -0.355 e. The highest BCUT2D eigenvalue weighted by molar-refractivity contribution is 5.75. The SMILES string of the molecule is CC(C)N(C)CCNC(=O)CCC1CCCC(N)C1. The lowest BCUT2D eigenvalue weighted by Gasteiger charge is -2.26. The molecule has 1 amide bonds. The molecule has 0 aliphatic heterocycles. The molecule has 0 spiro atoms. The molecule has 4 heteroatoms. The van der Waals surface area contributed by atoms with E-state index in [1.807, 2.05) is 0 Å². The summed E-state index contributed by atoms with van der Waals surface area (Å²) in [5.74, 6) is 0.851. The molecule has 2 atom stereocenters. The van der Waals surface area contributed by atoms with E-state index in [1.165, 1.54) is 12.8 Å². The normalized spacial score (nSPS) is 23.9. The van der Waals surface area contributed by atoms with Crippen LogP contribution in [0.5, 0.6) is 0 Å². The van der Waals surface area contributed by atoms with E-state index in [0.29, 0.717) is 24.4 Å². The second kappa shape index (κ2) is 8.54. The van der Waals surface area contributed by atoms with Crippen LogP contribution in [-0.4, -0.2) is 43.0 Å². The fourth-order valence-corrected chi connectivity index (χ4v) is 2.65. The Morgan fingerprint density at radius 1 is 1.42 bits per heavy atom. The van der Waals surface area contributed by atoms with Crippen LogP contribution < -0.4 is 11.1 Å². The van der Waals surface area contributed by atoms with Crippen molar-refractivity contribution >= 4 is 5.91 Å². The van der Waals surface area contributed by atoms with E-state index in [4.69, 9.17) is 5.73 Å². The predicted octanol–water partition coefficient (Wildman–Crippen LogP) is 1.74. The Hall–Kier alpha value is -0.610. The number of nitrogens with one attached hydrogen (secondary N) is 1. The fourth-order valence-electron chi connectivity index (χ4n) is 2.65. The molecule has 1 aliphatic rings. The van der Waals surface area contributed by atoms with Gasteiger partial charge < -0.3 is 16.0 Å². The van der Waals surface area contributed by atoms with Crippen LogP contribution in [-0.2, 0) is 4.79 Å². The van der Waals surface area contributed by atoms with Crippen molar-refractivity contribution < 1.29 is 4.79 Å². The molecule has 112 valence electrons. The summed E-state index contributed by atoms with van der Waals surface area (Å²) in [6.07, 6.45) is 6.39. The average molecular weight is 269 g/mol. The maximum absolute atomic E-state index is 11.8. The summed E-state index contributed by atoms with van der Waals surface area (Å²) in [6.45, 7) is 5.98. The molecular formula is C15H31N3O. The largest absolute Gasteiger partial charge is 0.355 e. The number of likely N-dealkylation sites (N-methyl/N-ethyl adjacent to an activating group) is 1. The first-order valence-corrected chi connectivity index (χ1v) is 7.71. The third-order valence-electron chi connectivity index (χ3n) is 4.27. The number of rotatable bonds is 7. The molecular weight excluding hydrogens is 238 g/mol.